The van der Waals surface area contributed by atoms with Crippen molar-refractivity contribution in [1.82, 2.24) is 25.1 Å². The fraction of sp³-hybridized carbons (Fsp3) is 0.300. The molecule has 0 spiro atoms. The highest BCUT2D eigenvalue weighted by Crippen LogP contribution is 2.31. The van der Waals surface area contributed by atoms with Crippen LogP contribution in [0.2, 0.25) is 0 Å². The number of aromatic nitrogens is 5. The largest absolute Gasteiger partial charge is 0.457 e. The molecule has 1 aliphatic rings. The average molecular weight is 377 g/mol. The Morgan fingerprint density at radius 2 is 2.14 bits per heavy atom. The number of ether oxygens (including phenoxy) is 1. The van der Waals surface area contributed by atoms with Crippen molar-refractivity contribution in [1.29, 1.82) is 0 Å². The maximum atomic E-state index is 5.95. The Labute approximate surface area is 161 Å². The zero-order valence-corrected chi connectivity index (χ0v) is 15.2. The summed E-state index contributed by atoms with van der Waals surface area (Å²) in [4.78, 5) is 4.10. The molecule has 28 heavy (non-hydrogen) atoms. The third kappa shape index (κ3) is 3.46. The van der Waals surface area contributed by atoms with Gasteiger partial charge in [0.05, 0.1) is 6.20 Å². The van der Waals surface area contributed by atoms with Gasteiger partial charge in [-0.25, -0.2) is 4.68 Å². The van der Waals surface area contributed by atoms with Gasteiger partial charge in [0.25, 0.3) is 0 Å². The highest BCUT2D eigenvalue weighted by molar-refractivity contribution is 5.57. The van der Waals surface area contributed by atoms with Crippen LogP contribution in [-0.4, -0.2) is 31.7 Å². The van der Waals surface area contributed by atoms with Crippen molar-refractivity contribution in [2.45, 2.75) is 31.9 Å². The van der Waals surface area contributed by atoms with E-state index in [0.717, 1.165) is 42.9 Å². The van der Waals surface area contributed by atoms with Gasteiger partial charge in [0.15, 0.2) is 11.5 Å². The summed E-state index contributed by atoms with van der Waals surface area (Å²) in [6, 6.07) is 9.55. The van der Waals surface area contributed by atoms with E-state index in [9.17, 15) is 0 Å². The Kier molecular flexibility index (Phi) is 4.46. The Morgan fingerprint density at radius 1 is 1.14 bits per heavy atom. The summed E-state index contributed by atoms with van der Waals surface area (Å²) in [5.74, 6) is 2.22. The highest BCUT2D eigenvalue weighted by Gasteiger charge is 2.20. The minimum atomic E-state index is 0.0395. The van der Waals surface area contributed by atoms with Crippen molar-refractivity contribution in [2.75, 3.05) is 6.61 Å². The zero-order valence-electron chi connectivity index (χ0n) is 15.2. The molecule has 0 radical (unpaired) electrons. The van der Waals surface area contributed by atoms with Crippen LogP contribution in [0.1, 0.15) is 36.9 Å². The SMILES string of the molecule is c1cncc(-c2cc(Cn3cc(-c4ccc([C@@H]5CCCCO5)o4)nn3)on2)c1. The van der Waals surface area contributed by atoms with Gasteiger partial charge >= 0.3 is 0 Å². The van der Waals surface area contributed by atoms with E-state index in [1.807, 2.05) is 36.5 Å². The van der Waals surface area contributed by atoms with Crippen molar-refractivity contribution in [2.24, 2.45) is 0 Å². The first-order chi connectivity index (χ1) is 13.8. The van der Waals surface area contributed by atoms with Crippen molar-refractivity contribution < 1.29 is 13.7 Å². The van der Waals surface area contributed by atoms with Crippen LogP contribution in [0, 0.1) is 0 Å². The molecule has 1 saturated heterocycles. The van der Waals surface area contributed by atoms with Crippen LogP contribution in [0.4, 0.5) is 0 Å². The Balaban J connectivity index is 1.29. The van der Waals surface area contributed by atoms with Gasteiger partial charge in [-0.1, -0.05) is 10.4 Å². The van der Waals surface area contributed by atoms with Gasteiger partial charge in [0, 0.05) is 30.6 Å². The molecule has 0 aromatic carbocycles. The molecule has 0 unspecified atom stereocenters. The lowest BCUT2D eigenvalue weighted by Crippen LogP contribution is -2.10. The summed E-state index contributed by atoms with van der Waals surface area (Å²) >= 11 is 0. The van der Waals surface area contributed by atoms with Crippen LogP contribution in [0.25, 0.3) is 22.7 Å². The quantitative estimate of drug-likeness (QED) is 0.521. The number of furan rings is 1. The van der Waals surface area contributed by atoms with Crippen LogP contribution >= 0.6 is 0 Å². The summed E-state index contributed by atoms with van der Waals surface area (Å²) in [5, 5.41) is 12.5. The zero-order chi connectivity index (χ0) is 18.8. The predicted molar refractivity (Wildman–Crippen MR) is 99.1 cm³/mol. The lowest BCUT2D eigenvalue weighted by Gasteiger charge is -2.20. The van der Waals surface area contributed by atoms with Crippen molar-refractivity contribution in [3.05, 3.63) is 60.4 Å². The van der Waals surface area contributed by atoms with E-state index in [-0.39, 0.29) is 6.10 Å². The molecule has 0 aliphatic carbocycles. The van der Waals surface area contributed by atoms with Crippen LogP contribution in [0.3, 0.4) is 0 Å². The number of pyridine rings is 1. The smallest absolute Gasteiger partial charge is 0.158 e. The van der Waals surface area contributed by atoms with E-state index in [1.165, 1.54) is 0 Å². The van der Waals surface area contributed by atoms with Gasteiger partial charge in [0.2, 0.25) is 0 Å². The molecule has 8 heteroatoms. The highest BCUT2D eigenvalue weighted by atomic mass is 16.5. The van der Waals surface area contributed by atoms with Gasteiger partial charge in [-0.05, 0) is 43.5 Å². The molecule has 0 bridgehead atoms. The molecule has 142 valence electrons. The normalized spacial score (nSPS) is 17.1. The first kappa shape index (κ1) is 16.9. The third-order valence-electron chi connectivity index (χ3n) is 4.75. The molecule has 8 nitrogen and oxygen atoms in total. The van der Waals surface area contributed by atoms with Crippen LogP contribution < -0.4 is 0 Å². The molecule has 4 aromatic heterocycles. The maximum Gasteiger partial charge on any atom is 0.158 e. The summed E-state index contributed by atoms with van der Waals surface area (Å²) in [6.45, 7) is 1.22. The lowest BCUT2D eigenvalue weighted by molar-refractivity contribution is 0.00220. The van der Waals surface area contributed by atoms with Crippen molar-refractivity contribution >= 4 is 0 Å². The second-order valence-corrected chi connectivity index (χ2v) is 6.78. The van der Waals surface area contributed by atoms with E-state index in [4.69, 9.17) is 13.7 Å². The monoisotopic (exact) mass is 377 g/mol. The fourth-order valence-electron chi connectivity index (χ4n) is 3.31. The Morgan fingerprint density at radius 3 is 3.00 bits per heavy atom. The second kappa shape index (κ2) is 7.40. The van der Waals surface area contributed by atoms with E-state index >= 15 is 0 Å². The predicted octanol–water partition coefficient (Wildman–Crippen LogP) is 3.88. The van der Waals surface area contributed by atoms with Crippen molar-refractivity contribution in [3.8, 4) is 22.7 Å². The lowest BCUT2D eigenvalue weighted by atomic mass is 10.1. The Bertz CT molecular complexity index is 1050. The minimum Gasteiger partial charge on any atom is -0.457 e. The summed E-state index contributed by atoms with van der Waals surface area (Å²) in [5.41, 5.74) is 2.32. The van der Waals surface area contributed by atoms with E-state index in [1.54, 1.807) is 17.1 Å². The first-order valence-electron chi connectivity index (χ1n) is 9.33. The molecule has 1 aliphatic heterocycles. The second-order valence-electron chi connectivity index (χ2n) is 6.78. The molecule has 0 N–H and O–H groups in total. The molecular formula is C20H19N5O3. The van der Waals surface area contributed by atoms with Gasteiger partial charge in [0.1, 0.15) is 29.8 Å². The van der Waals surface area contributed by atoms with Crippen molar-refractivity contribution in [3.63, 3.8) is 0 Å². The molecule has 0 saturated carbocycles. The van der Waals surface area contributed by atoms with Crippen LogP contribution in [0.15, 0.2) is 57.9 Å². The van der Waals surface area contributed by atoms with E-state index in [0.29, 0.717) is 23.8 Å². The maximum absolute atomic E-state index is 5.95. The van der Waals surface area contributed by atoms with Gasteiger partial charge in [-0.3, -0.25) is 4.98 Å². The summed E-state index contributed by atoms with van der Waals surface area (Å²) < 4.78 is 18.8. The molecule has 5 heterocycles. The molecule has 1 atom stereocenters. The average Bonchev–Trinajstić information content (AvgIpc) is 3.50. The third-order valence-corrected chi connectivity index (χ3v) is 4.75. The van der Waals surface area contributed by atoms with Gasteiger partial charge < -0.3 is 13.7 Å². The number of rotatable bonds is 5. The Hall–Kier alpha value is -3.26. The fourth-order valence-corrected chi connectivity index (χ4v) is 3.31. The molecule has 4 aromatic rings. The number of hydrogen-bond donors (Lipinski definition) is 0. The van der Waals surface area contributed by atoms with Crippen LogP contribution in [-0.2, 0) is 11.3 Å². The molecule has 5 rings (SSSR count). The molecular weight excluding hydrogens is 358 g/mol. The van der Waals surface area contributed by atoms with Gasteiger partial charge in [-0.2, -0.15) is 0 Å². The molecule has 0 amide bonds. The first-order valence-corrected chi connectivity index (χ1v) is 9.33. The number of nitrogens with zero attached hydrogens (tertiary/aromatic N) is 5. The topological polar surface area (TPSA) is 92.0 Å². The van der Waals surface area contributed by atoms with E-state index < -0.39 is 0 Å². The minimum absolute atomic E-state index is 0.0395. The van der Waals surface area contributed by atoms with Gasteiger partial charge in [-0.15, -0.1) is 5.10 Å². The standard InChI is InChI=1S/C20H19N5O3/c1-2-9-26-19(5-1)20-7-6-18(27-20)17-13-25(24-22-17)12-15-10-16(23-28-15)14-4-3-8-21-11-14/h3-4,6-8,10-11,13,19H,1-2,5,9,12H2/t19-/m0/s1. The van der Waals surface area contributed by atoms with Crippen LogP contribution in [0.5, 0.6) is 0 Å². The number of hydrogen-bond acceptors (Lipinski definition) is 7. The summed E-state index contributed by atoms with van der Waals surface area (Å²) in [7, 11) is 0. The summed E-state index contributed by atoms with van der Waals surface area (Å²) in [6.07, 6.45) is 8.61. The van der Waals surface area contributed by atoms with E-state index in [2.05, 4.69) is 20.5 Å². The molecule has 1 fully saturated rings.